The second-order valence-electron chi connectivity index (χ2n) is 5.43. The quantitative estimate of drug-likeness (QED) is 0.503. The predicted octanol–water partition coefficient (Wildman–Crippen LogP) is 3.38. The molecule has 1 saturated heterocycles. The number of rotatable bonds is 8. The van der Waals surface area contributed by atoms with Crippen LogP contribution >= 0.6 is 0 Å². The lowest BCUT2D eigenvalue weighted by Crippen LogP contribution is -2.40. The van der Waals surface area contributed by atoms with Gasteiger partial charge in [0.25, 0.3) is 5.91 Å². The summed E-state index contributed by atoms with van der Waals surface area (Å²) in [6.07, 6.45) is 11.3. The van der Waals surface area contributed by atoms with Gasteiger partial charge in [-0.15, -0.1) is 0 Å². The first-order chi connectivity index (χ1) is 9.84. The van der Waals surface area contributed by atoms with E-state index in [4.69, 9.17) is 4.74 Å². The monoisotopic (exact) mass is 279 g/mol. The summed E-state index contributed by atoms with van der Waals surface area (Å²) in [5.74, 6) is 5.73. The minimum atomic E-state index is -0.0344. The summed E-state index contributed by atoms with van der Waals surface area (Å²) in [6.45, 7) is 4.91. The van der Waals surface area contributed by atoms with Crippen molar-refractivity contribution in [3.8, 4) is 11.8 Å². The zero-order valence-electron chi connectivity index (χ0n) is 13.0. The Morgan fingerprint density at radius 2 is 1.60 bits per heavy atom. The van der Waals surface area contributed by atoms with Crippen molar-refractivity contribution in [1.29, 1.82) is 0 Å². The van der Waals surface area contributed by atoms with E-state index in [0.717, 1.165) is 12.8 Å². The Bertz CT molecular complexity index is 311. The molecule has 0 radical (unpaired) electrons. The molecule has 0 saturated carbocycles. The number of ether oxygens (including phenoxy) is 1. The van der Waals surface area contributed by atoms with Crippen LogP contribution in [-0.4, -0.2) is 37.1 Å². The maximum Gasteiger partial charge on any atom is 0.298 e. The number of unbranched alkanes of at least 4 members (excludes halogenated alkanes) is 8. The first-order valence-corrected chi connectivity index (χ1v) is 8.20. The molecule has 1 rings (SSSR count). The lowest BCUT2D eigenvalue weighted by Gasteiger charge is -2.24. The Hall–Kier alpha value is -1.01. The molecule has 3 nitrogen and oxygen atoms in total. The minimum absolute atomic E-state index is 0.0344. The molecule has 1 fully saturated rings. The Balaban J connectivity index is 1.95. The molecule has 1 heterocycles. The first kappa shape index (κ1) is 17.0. The van der Waals surface area contributed by atoms with E-state index in [1.165, 1.54) is 44.9 Å². The smallest absolute Gasteiger partial charge is 0.298 e. The van der Waals surface area contributed by atoms with Crippen LogP contribution in [0.3, 0.4) is 0 Å². The lowest BCUT2D eigenvalue weighted by molar-refractivity contribution is -0.129. The molecule has 0 spiro atoms. The summed E-state index contributed by atoms with van der Waals surface area (Å²) < 4.78 is 5.21. The van der Waals surface area contributed by atoms with E-state index in [-0.39, 0.29) is 5.91 Å². The minimum Gasteiger partial charge on any atom is -0.378 e. The molecular formula is C17H29NO2. The molecule has 1 aliphatic rings. The van der Waals surface area contributed by atoms with Gasteiger partial charge in [0, 0.05) is 19.5 Å². The van der Waals surface area contributed by atoms with Gasteiger partial charge in [-0.05, 0) is 12.3 Å². The maximum atomic E-state index is 11.7. The molecule has 0 unspecified atom stereocenters. The van der Waals surface area contributed by atoms with E-state index in [1.54, 1.807) is 4.90 Å². The van der Waals surface area contributed by atoms with E-state index in [9.17, 15) is 4.79 Å². The number of amides is 1. The van der Waals surface area contributed by atoms with Crippen molar-refractivity contribution < 1.29 is 9.53 Å². The van der Waals surface area contributed by atoms with E-state index >= 15 is 0 Å². The van der Waals surface area contributed by atoms with Crippen LogP contribution in [0.4, 0.5) is 0 Å². The summed E-state index contributed by atoms with van der Waals surface area (Å²) in [6, 6.07) is 0. The van der Waals surface area contributed by atoms with E-state index in [2.05, 4.69) is 18.8 Å². The lowest BCUT2D eigenvalue weighted by atomic mass is 10.1. The van der Waals surface area contributed by atoms with Gasteiger partial charge in [0.15, 0.2) is 0 Å². The maximum absolute atomic E-state index is 11.7. The van der Waals surface area contributed by atoms with Gasteiger partial charge in [-0.1, -0.05) is 57.8 Å². The average molecular weight is 279 g/mol. The second-order valence-corrected chi connectivity index (χ2v) is 5.43. The number of hydrogen-bond donors (Lipinski definition) is 0. The number of carbonyl (C=O) groups excluding carboxylic acids is 1. The van der Waals surface area contributed by atoms with Crippen molar-refractivity contribution in [3.63, 3.8) is 0 Å². The molecule has 0 atom stereocenters. The predicted molar refractivity (Wildman–Crippen MR) is 82.4 cm³/mol. The van der Waals surface area contributed by atoms with Crippen LogP contribution in [0.15, 0.2) is 0 Å². The molecule has 3 heteroatoms. The van der Waals surface area contributed by atoms with Crippen molar-refractivity contribution in [2.45, 2.75) is 64.7 Å². The van der Waals surface area contributed by atoms with Gasteiger partial charge in [-0.2, -0.15) is 0 Å². The van der Waals surface area contributed by atoms with Crippen LogP contribution in [0.5, 0.6) is 0 Å². The standard InChI is InChI=1S/C17H29NO2/c1-2-3-4-5-6-7-8-9-10-11-12-17(19)18-13-15-20-16-14-18/h2-10,13-16H2,1H3. The van der Waals surface area contributed by atoms with Crippen molar-refractivity contribution in [1.82, 2.24) is 4.90 Å². The Kier molecular flexibility index (Phi) is 10.0. The number of carbonyl (C=O) groups is 1. The molecule has 0 aromatic rings. The van der Waals surface area contributed by atoms with Gasteiger partial charge in [-0.3, -0.25) is 4.79 Å². The highest BCUT2D eigenvalue weighted by atomic mass is 16.5. The fourth-order valence-electron chi connectivity index (χ4n) is 2.33. The van der Waals surface area contributed by atoms with Gasteiger partial charge in [0.1, 0.15) is 0 Å². The third-order valence-electron chi connectivity index (χ3n) is 3.65. The van der Waals surface area contributed by atoms with Gasteiger partial charge >= 0.3 is 0 Å². The van der Waals surface area contributed by atoms with Gasteiger partial charge < -0.3 is 9.64 Å². The Morgan fingerprint density at radius 1 is 1.00 bits per heavy atom. The van der Waals surface area contributed by atoms with Gasteiger partial charge in [0.2, 0.25) is 0 Å². The van der Waals surface area contributed by atoms with E-state index in [0.29, 0.717) is 26.3 Å². The number of nitrogens with zero attached hydrogens (tertiary/aromatic N) is 1. The SMILES string of the molecule is CCCCCCCCCCC#CC(=O)N1CCOCC1. The summed E-state index contributed by atoms with van der Waals surface area (Å²) >= 11 is 0. The summed E-state index contributed by atoms with van der Waals surface area (Å²) in [4.78, 5) is 13.5. The van der Waals surface area contributed by atoms with E-state index < -0.39 is 0 Å². The third-order valence-corrected chi connectivity index (χ3v) is 3.65. The molecule has 0 N–H and O–H groups in total. The fraction of sp³-hybridized carbons (Fsp3) is 0.824. The van der Waals surface area contributed by atoms with Gasteiger partial charge in [0.05, 0.1) is 13.2 Å². The van der Waals surface area contributed by atoms with E-state index in [1.807, 2.05) is 0 Å². The highest BCUT2D eigenvalue weighted by molar-refractivity contribution is 5.93. The van der Waals surface area contributed by atoms with Crippen LogP contribution in [0, 0.1) is 11.8 Å². The summed E-state index contributed by atoms with van der Waals surface area (Å²) in [5.41, 5.74) is 0. The Labute approximate surface area is 124 Å². The average Bonchev–Trinajstić information content (AvgIpc) is 2.50. The Morgan fingerprint density at radius 3 is 2.25 bits per heavy atom. The van der Waals surface area contributed by atoms with Crippen molar-refractivity contribution in [3.05, 3.63) is 0 Å². The van der Waals surface area contributed by atoms with Crippen LogP contribution in [0.25, 0.3) is 0 Å². The zero-order valence-corrected chi connectivity index (χ0v) is 13.0. The van der Waals surface area contributed by atoms with Crippen molar-refractivity contribution >= 4 is 5.91 Å². The van der Waals surface area contributed by atoms with Gasteiger partial charge in [-0.25, -0.2) is 0 Å². The van der Waals surface area contributed by atoms with Crippen molar-refractivity contribution in [2.24, 2.45) is 0 Å². The highest BCUT2D eigenvalue weighted by Gasteiger charge is 2.14. The second kappa shape index (κ2) is 11.8. The van der Waals surface area contributed by atoms with Crippen LogP contribution in [0.1, 0.15) is 64.7 Å². The molecule has 20 heavy (non-hydrogen) atoms. The summed E-state index contributed by atoms with van der Waals surface area (Å²) in [7, 11) is 0. The molecule has 1 aliphatic heterocycles. The van der Waals surface area contributed by atoms with Crippen LogP contribution in [-0.2, 0) is 9.53 Å². The fourth-order valence-corrected chi connectivity index (χ4v) is 2.33. The largest absolute Gasteiger partial charge is 0.378 e. The number of morpholine rings is 1. The summed E-state index contributed by atoms with van der Waals surface area (Å²) in [5, 5.41) is 0. The zero-order chi connectivity index (χ0) is 14.5. The van der Waals surface area contributed by atoms with Crippen LogP contribution < -0.4 is 0 Å². The third kappa shape index (κ3) is 8.22. The van der Waals surface area contributed by atoms with Crippen molar-refractivity contribution in [2.75, 3.05) is 26.3 Å². The molecule has 0 bridgehead atoms. The molecule has 0 aromatic heterocycles. The normalized spacial score (nSPS) is 14.8. The highest BCUT2D eigenvalue weighted by Crippen LogP contribution is 2.09. The molecular weight excluding hydrogens is 250 g/mol. The van der Waals surface area contributed by atoms with Crippen LogP contribution in [0.2, 0.25) is 0 Å². The molecule has 0 aromatic carbocycles. The molecule has 1 amide bonds. The molecule has 114 valence electrons. The first-order valence-electron chi connectivity index (χ1n) is 8.20. The molecule has 0 aliphatic carbocycles. The topological polar surface area (TPSA) is 29.5 Å². The number of hydrogen-bond acceptors (Lipinski definition) is 2.